The lowest BCUT2D eigenvalue weighted by Crippen LogP contribution is -2.59. The van der Waals surface area contributed by atoms with Crippen molar-refractivity contribution < 1.29 is 14.3 Å². The molecule has 2 aliphatic heterocycles. The molecule has 0 saturated carbocycles. The maximum absolute atomic E-state index is 11.9. The Morgan fingerprint density at radius 2 is 2.29 bits per heavy atom. The van der Waals surface area contributed by atoms with Gasteiger partial charge in [0.05, 0.1) is 13.2 Å². The number of amides is 2. The average molecular weight is 240 g/mol. The van der Waals surface area contributed by atoms with Gasteiger partial charge in [0.1, 0.15) is 6.04 Å². The molecule has 0 aromatic rings. The van der Waals surface area contributed by atoms with Crippen LogP contribution in [-0.2, 0) is 14.3 Å². The zero-order valence-corrected chi connectivity index (χ0v) is 10.3. The zero-order valence-electron chi connectivity index (χ0n) is 10.3. The molecule has 2 aliphatic rings. The summed E-state index contributed by atoms with van der Waals surface area (Å²) in [6, 6.07) is -0.293. The van der Waals surface area contributed by atoms with Crippen LogP contribution in [0.3, 0.4) is 0 Å². The summed E-state index contributed by atoms with van der Waals surface area (Å²) in [6.45, 7) is 4.27. The van der Waals surface area contributed by atoms with E-state index >= 15 is 0 Å². The van der Waals surface area contributed by atoms with Gasteiger partial charge in [-0.25, -0.2) is 0 Å². The van der Waals surface area contributed by atoms with Gasteiger partial charge in [-0.2, -0.15) is 0 Å². The van der Waals surface area contributed by atoms with Crippen molar-refractivity contribution in [3.05, 3.63) is 0 Å². The van der Waals surface area contributed by atoms with Crippen molar-refractivity contribution in [1.82, 2.24) is 10.2 Å². The van der Waals surface area contributed by atoms with Gasteiger partial charge < -0.3 is 15.0 Å². The summed E-state index contributed by atoms with van der Waals surface area (Å²) in [5.41, 5.74) is 0. The summed E-state index contributed by atoms with van der Waals surface area (Å²) in [6.07, 6.45) is 2.81. The second-order valence-corrected chi connectivity index (χ2v) is 4.77. The van der Waals surface area contributed by atoms with E-state index < -0.39 is 0 Å². The SMILES string of the molecule is CCC1C(=O)NCC(=O)N1CC1CCCOC1. The third-order valence-electron chi connectivity index (χ3n) is 3.51. The number of hydrogen-bond acceptors (Lipinski definition) is 3. The zero-order chi connectivity index (χ0) is 12.3. The van der Waals surface area contributed by atoms with Crippen LogP contribution in [0.1, 0.15) is 26.2 Å². The van der Waals surface area contributed by atoms with E-state index in [9.17, 15) is 9.59 Å². The Balaban J connectivity index is 1.99. The Morgan fingerprint density at radius 1 is 1.47 bits per heavy atom. The monoisotopic (exact) mass is 240 g/mol. The van der Waals surface area contributed by atoms with Crippen LogP contribution in [0.4, 0.5) is 0 Å². The topological polar surface area (TPSA) is 58.6 Å². The minimum atomic E-state index is -0.293. The second kappa shape index (κ2) is 5.49. The molecular formula is C12H20N2O3. The molecule has 0 radical (unpaired) electrons. The molecule has 0 bridgehead atoms. The Labute approximate surface area is 101 Å². The fraction of sp³-hybridized carbons (Fsp3) is 0.833. The van der Waals surface area contributed by atoms with Crippen molar-refractivity contribution in [2.45, 2.75) is 32.2 Å². The van der Waals surface area contributed by atoms with Crippen LogP contribution in [0.15, 0.2) is 0 Å². The summed E-state index contributed by atoms with van der Waals surface area (Å²) in [4.78, 5) is 25.3. The first-order chi connectivity index (χ1) is 8.22. The molecule has 1 N–H and O–H groups in total. The predicted octanol–water partition coefficient (Wildman–Crippen LogP) is 0.150. The van der Waals surface area contributed by atoms with Crippen molar-refractivity contribution in [3.8, 4) is 0 Å². The first-order valence-electron chi connectivity index (χ1n) is 6.37. The number of rotatable bonds is 3. The maximum Gasteiger partial charge on any atom is 0.243 e. The van der Waals surface area contributed by atoms with Crippen molar-refractivity contribution in [1.29, 1.82) is 0 Å². The number of ether oxygens (including phenoxy) is 1. The van der Waals surface area contributed by atoms with Crippen LogP contribution >= 0.6 is 0 Å². The molecule has 0 spiro atoms. The minimum Gasteiger partial charge on any atom is -0.381 e. The van der Waals surface area contributed by atoms with Crippen LogP contribution in [0.2, 0.25) is 0 Å². The summed E-state index contributed by atoms with van der Waals surface area (Å²) in [5, 5.41) is 2.64. The summed E-state index contributed by atoms with van der Waals surface area (Å²) in [7, 11) is 0. The molecule has 96 valence electrons. The van der Waals surface area contributed by atoms with Gasteiger partial charge >= 0.3 is 0 Å². The molecule has 2 atom stereocenters. The highest BCUT2D eigenvalue weighted by molar-refractivity contribution is 5.94. The Morgan fingerprint density at radius 3 is 2.94 bits per heavy atom. The minimum absolute atomic E-state index is 0.0242. The molecule has 2 saturated heterocycles. The van der Waals surface area contributed by atoms with Crippen LogP contribution in [-0.4, -0.2) is 49.1 Å². The highest BCUT2D eigenvalue weighted by Crippen LogP contribution is 2.18. The smallest absolute Gasteiger partial charge is 0.243 e. The van der Waals surface area contributed by atoms with Crippen LogP contribution in [0.5, 0.6) is 0 Å². The second-order valence-electron chi connectivity index (χ2n) is 4.77. The summed E-state index contributed by atoms with van der Waals surface area (Å²) >= 11 is 0. The van der Waals surface area contributed by atoms with Gasteiger partial charge in [0.15, 0.2) is 0 Å². The van der Waals surface area contributed by atoms with Gasteiger partial charge in [-0.3, -0.25) is 9.59 Å². The maximum atomic E-state index is 11.9. The normalized spacial score (nSPS) is 30.3. The lowest BCUT2D eigenvalue weighted by atomic mass is 9.99. The molecule has 0 aliphatic carbocycles. The van der Waals surface area contributed by atoms with E-state index in [1.54, 1.807) is 4.90 Å². The van der Waals surface area contributed by atoms with E-state index in [1.165, 1.54) is 0 Å². The third-order valence-corrected chi connectivity index (χ3v) is 3.51. The highest BCUT2D eigenvalue weighted by atomic mass is 16.5. The highest BCUT2D eigenvalue weighted by Gasteiger charge is 2.34. The third kappa shape index (κ3) is 2.77. The molecule has 5 heteroatoms. The molecule has 5 nitrogen and oxygen atoms in total. The van der Waals surface area contributed by atoms with E-state index in [0.29, 0.717) is 25.5 Å². The van der Waals surface area contributed by atoms with Crippen LogP contribution in [0.25, 0.3) is 0 Å². The van der Waals surface area contributed by atoms with Crippen molar-refractivity contribution in [2.24, 2.45) is 5.92 Å². The summed E-state index contributed by atoms with van der Waals surface area (Å²) < 4.78 is 5.42. The predicted molar refractivity (Wildman–Crippen MR) is 62.3 cm³/mol. The van der Waals surface area contributed by atoms with Crippen molar-refractivity contribution in [3.63, 3.8) is 0 Å². The van der Waals surface area contributed by atoms with Gasteiger partial charge in [-0.15, -0.1) is 0 Å². The molecule has 2 rings (SSSR count). The molecule has 17 heavy (non-hydrogen) atoms. The van der Waals surface area contributed by atoms with Gasteiger partial charge in [0.2, 0.25) is 11.8 Å². The van der Waals surface area contributed by atoms with Gasteiger partial charge in [-0.1, -0.05) is 6.92 Å². The number of carbonyl (C=O) groups is 2. The number of carbonyl (C=O) groups excluding carboxylic acids is 2. The molecular weight excluding hydrogens is 220 g/mol. The van der Waals surface area contributed by atoms with Gasteiger partial charge in [0, 0.05) is 13.2 Å². The first-order valence-corrected chi connectivity index (χ1v) is 6.37. The molecule has 0 aromatic carbocycles. The Bertz CT molecular complexity index is 300. The lowest BCUT2D eigenvalue weighted by Gasteiger charge is -2.37. The fourth-order valence-electron chi connectivity index (χ4n) is 2.56. The van der Waals surface area contributed by atoms with Gasteiger partial charge in [0.25, 0.3) is 0 Å². The van der Waals surface area contributed by atoms with E-state index in [1.807, 2.05) is 6.92 Å². The summed E-state index contributed by atoms with van der Waals surface area (Å²) in [5.74, 6) is 0.388. The van der Waals surface area contributed by atoms with E-state index in [-0.39, 0.29) is 24.4 Å². The number of hydrogen-bond donors (Lipinski definition) is 1. The largest absolute Gasteiger partial charge is 0.381 e. The van der Waals surface area contributed by atoms with E-state index in [4.69, 9.17) is 4.74 Å². The molecule has 2 fully saturated rings. The first kappa shape index (κ1) is 12.4. The average Bonchev–Trinajstić information content (AvgIpc) is 2.35. The van der Waals surface area contributed by atoms with E-state index in [2.05, 4.69) is 5.32 Å². The number of nitrogens with zero attached hydrogens (tertiary/aromatic N) is 1. The van der Waals surface area contributed by atoms with Crippen LogP contribution in [0, 0.1) is 5.92 Å². The van der Waals surface area contributed by atoms with Crippen molar-refractivity contribution in [2.75, 3.05) is 26.3 Å². The number of nitrogens with one attached hydrogen (secondary N) is 1. The Kier molecular flexibility index (Phi) is 3.99. The standard InChI is InChI=1S/C12H20N2O3/c1-2-10-12(16)13-6-11(15)14(10)7-9-4-3-5-17-8-9/h9-10H,2-8H2,1H3,(H,13,16). The van der Waals surface area contributed by atoms with E-state index in [0.717, 1.165) is 19.4 Å². The molecule has 2 amide bonds. The molecule has 2 heterocycles. The number of piperazine rings is 1. The van der Waals surface area contributed by atoms with Crippen LogP contribution < -0.4 is 5.32 Å². The fourth-order valence-corrected chi connectivity index (χ4v) is 2.56. The van der Waals surface area contributed by atoms with Crippen molar-refractivity contribution >= 4 is 11.8 Å². The lowest BCUT2D eigenvalue weighted by molar-refractivity contribution is -0.147. The van der Waals surface area contributed by atoms with Gasteiger partial charge in [-0.05, 0) is 25.2 Å². The quantitative estimate of drug-likeness (QED) is 0.764. The Hall–Kier alpha value is -1.10. The molecule has 0 aromatic heterocycles. The molecule has 2 unspecified atom stereocenters.